The maximum atomic E-state index is 12.9. The van der Waals surface area contributed by atoms with Crippen molar-refractivity contribution < 1.29 is 22.5 Å². The van der Waals surface area contributed by atoms with Gasteiger partial charge in [-0.15, -0.1) is 0 Å². The number of pyridine rings is 1. The van der Waals surface area contributed by atoms with Gasteiger partial charge in [0.1, 0.15) is 0 Å². The molecule has 6 heteroatoms. The van der Waals surface area contributed by atoms with Gasteiger partial charge in [0.2, 0.25) is 12.3 Å². The SMILES string of the molecule is O=C(C[n+]1ccc2c(ccn2Cc2ccccc2)c1)c1cccc(C(F)(F)F)c1. The van der Waals surface area contributed by atoms with Gasteiger partial charge < -0.3 is 4.57 Å². The van der Waals surface area contributed by atoms with Crippen LogP contribution < -0.4 is 4.57 Å². The minimum absolute atomic E-state index is 0.0267. The molecule has 0 aliphatic heterocycles. The highest BCUT2D eigenvalue weighted by atomic mass is 19.4. The number of carbonyl (C=O) groups is 1. The fraction of sp³-hybridized carbons (Fsp3) is 0.130. The number of nitrogens with zero attached hydrogens (tertiary/aromatic N) is 2. The van der Waals surface area contributed by atoms with Gasteiger partial charge in [0.25, 0.3) is 0 Å². The largest absolute Gasteiger partial charge is 0.416 e. The van der Waals surface area contributed by atoms with Crippen LogP contribution >= 0.6 is 0 Å². The Morgan fingerprint density at radius 1 is 0.966 bits per heavy atom. The number of rotatable bonds is 5. The van der Waals surface area contributed by atoms with Crippen LogP contribution in [0.2, 0.25) is 0 Å². The number of ketones is 1. The van der Waals surface area contributed by atoms with Crippen LogP contribution in [0.15, 0.2) is 85.3 Å². The van der Waals surface area contributed by atoms with Crippen molar-refractivity contribution in [1.29, 1.82) is 0 Å². The molecule has 0 amide bonds. The summed E-state index contributed by atoms with van der Waals surface area (Å²) in [6, 6.07) is 18.5. The number of Topliss-reactive ketones (excluding diaryl/α,β-unsaturated/α-hetero) is 1. The van der Waals surface area contributed by atoms with Crippen LogP contribution in [0.25, 0.3) is 10.9 Å². The van der Waals surface area contributed by atoms with Crippen LogP contribution in [0.4, 0.5) is 13.2 Å². The van der Waals surface area contributed by atoms with E-state index in [9.17, 15) is 18.0 Å². The first kappa shape index (κ1) is 18.9. The van der Waals surface area contributed by atoms with Crippen LogP contribution in [0.5, 0.6) is 0 Å². The summed E-state index contributed by atoms with van der Waals surface area (Å²) in [7, 11) is 0. The van der Waals surface area contributed by atoms with Gasteiger partial charge in [0.05, 0.1) is 16.5 Å². The first-order chi connectivity index (χ1) is 13.9. The summed E-state index contributed by atoms with van der Waals surface area (Å²) in [5, 5.41) is 0.959. The molecule has 3 nitrogen and oxygen atoms in total. The second kappa shape index (κ2) is 7.54. The van der Waals surface area contributed by atoms with Crippen molar-refractivity contribution in [2.45, 2.75) is 19.3 Å². The van der Waals surface area contributed by atoms with Gasteiger partial charge >= 0.3 is 6.18 Å². The Hall–Kier alpha value is -3.41. The van der Waals surface area contributed by atoms with Crippen LogP contribution in [-0.2, 0) is 19.3 Å². The summed E-state index contributed by atoms with van der Waals surface area (Å²) in [6.07, 6.45) is 1.12. The number of alkyl halides is 3. The van der Waals surface area contributed by atoms with Gasteiger partial charge in [-0.2, -0.15) is 17.7 Å². The van der Waals surface area contributed by atoms with Crippen molar-refractivity contribution in [3.63, 3.8) is 0 Å². The number of hydrogen-bond acceptors (Lipinski definition) is 1. The Morgan fingerprint density at radius 2 is 1.76 bits per heavy atom. The summed E-state index contributed by atoms with van der Waals surface area (Å²) in [5.74, 6) is -0.371. The third-order valence-electron chi connectivity index (χ3n) is 4.80. The fourth-order valence-corrected chi connectivity index (χ4v) is 3.33. The van der Waals surface area contributed by atoms with E-state index in [4.69, 9.17) is 0 Å². The van der Waals surface area contributed by atoms with Gasteiger partial charge in [-0.3, -0.25) is 4.79 Å². The molecule has 0 N–H and O–H groups in total. The highest BCUT2D eigenvalue weighted by Gasteiger charge is 2.31. The monoisotopic (exact) mass is 395 g/mol. The van der Waals surface area contributed by atoms with Gasteiger partial charge in [0.15, 0.2) is 12.4 Å². The zero-order valence-corrected chi connectivity index (χ0v) is 15.4. The highest BCUT2D eigenvalue weighted by Crippen LogP contribution is 2.29. The molecule has 29 heavy (non-hydrogen) atoms. The summed E-state index contributed by atoms with van der Waals surface area (Å²) >= 11 is 0. The fourth-order valence-electron chi connectivity index (χ4n) is 3.33. The minimum atomic E-state index is -4.47. The first-order valence-corrected chi connectivity index (χ1v) is 9.12. The van der Waals surface area contributed by atoms with Crippen molar-refractivity contribution >= 4 is 16.7 Å². The maximum Gasteiger partial charge on any atom is 0.416 e. The summed E-state index contributed by atoms with van der Waals surface area (Å²) in [4.78, 5) is 12.5. The molecule has 0 spiro atoms. The van der Waals surface area contributed by atoms with Crippen LogP contribution in [0, 0.1) is 0 Å². The summed E-state index contributed by atoms with van der Waals surface area (Å²) < 4.78 is 42.4. The first-order valence-electron chi connectivity index (χ1n) is 9.12. The highest BCUT2D eigenvalue weighted by molar-refractivity contribution is 5.95. The number of aromatic nitrogens is 2. The average molecular weight is 395 g/mol. The van der Waals surface area contributed by atoms with Gasteiger partial charge in [-0.25, -0.2) is 0 Å². The molecule has 2 heterocycles. The van der Waals surface area contributed by atoms with Crippen molar-refractivity contribution in [2.75, 3.05) is 0 Å². The molecule has 4 rings (SSSR count). The normalized spacial score (nSPS) is 11.7. The van der Waals surface area contributed by atoms with E-state index in [1.54, 1.807) is 10.8 Å². The predicted octanol–water partition coefficient (Wildman–Crippen LogP) is 4.88. The van der Waals surface area contributed by atoms with Crippen molar-refractivity contribution in [1.82, 2.24) is 4.57 Å². The Balaban J connectivity index is 1.54. The molecule has 0 fully saturated rings. The molecule has 4 aromatic rings. The van der Waals surface area contributed by atoms with E-state index in [-0.39, 0.29) is 17.9 Å². The Bertz CT molecular complexity index is 1160. The molecule has 0 unspecified atom stereocenters. The third-order valence-corrected chi connectivity index (χ3v) is 4.80. The lowest BCUT2D eigenvalue weighted by Crippen LogP contribution is -2.37. The lowest BCUT2D eigenvalue weighted by molar-refractivity contribution is -0.681. The summed E-state index contributed by atoms with van der Waals surface area (Å²) in [5.41, 5.74) is 1.44. The summed E-state index contributed by atoms with van der Waals surface area (Å²) in [6.45, 7) is 0.707. The van der Waals surface area contributed by atoms with E-state index in [1.165, 1.54) is 17.7 Å². The number of hydrogen-bond donors (Lipinski definition) is 0. The van der Waals surface area contributed by atoms with Crippen molar-refractivity contribution in [2.24, 2.45) is 0 Å². The van der Waals surface area contributed by atoms with Gasteiger partial charge in [0, 0.05) is 24.4 Å². The second-order valence-corrected chi connectivity index (χ2v) is 6.89. The molecule has 0 bridgehead atoms. The van der Waals surface area contributed by atoms with E-state index in [0.29, 0.717) is 0 Å². The molecular formula is C23H18F3N2O+. The predicted molar refractivity (Wildman–Crippen MR) is 103 cm³/mol. The van der Waals surface area contributed by atoms with Crippen molar-refractivity contribution in [3.05, 3.63) is 102 Å². The topological polar surface area (TPSA) is 25.9 Å². The zero-order chi connectivity index (χ0) is 20.4. The van der Waals surface area contributed by atoms with E-state index >= 15 is 0 Å². The molecule has 0 saturated heterocycles. The zero-order valence-electron chi connectivity index (χ0n) is 15.4. The van der Waals surface area contributed by atoms with Crippen LogP contribution in [0.1, 0.15) is 21.5 Å². The molecule has 2 aromatic heterocycles. The van der Waals surface area contributed by atoms with E-state index in [0.717, 1.165) is 29.6 Å². The molecular weight excluding hydrogens is 377 g/mol. The number of benzene rings is 2. The number of carbonyl (C=O) groups excluding carboxylic acids is 1. The number of halogens is 3. The van der Waals surface area contributed by atoms with E-state index < -0.39 is 11.7 Å². The minimum Gasteiger partial charge on any atom is -0.343 e. The molecule has 0 saturated carbocycles. The van der Waals surface area contributed by atoms with E-state index in [2.05, 4.69) is 16.7 Å². The lowest BCUT2D eigenvalue weighted by Gasteiger charge is -2.07. The van der Waals surface area contributed by atoms with Crippen LogP contribution in [-0.4, -0.2) is 10.4 Å². The quantitative estimate of drug-likeness (QED) is 0.349. The second-order valence-electron chi connectivity index (χ2n) is 6.89. The molecule has 0 radical (unpaired) electrons. The Kier molecular flexibility index (Phi) is 4.92. The molecule has 0 aliphatic rings. The average Bonchev–Trinajstić information content (AvgIpc) is 3.10. The molecule has 2 aromatic carbocycles. The molecule has 146 valence electrons. The lowest BCUT2D eigenvalue weighted by atomic mass is 10.1. The van der Waals surface area contributed by atoms with Crippen LogP contribution in [0.3, 0.4) is 0 Å². The van der Waals surface area contributed by atoms with Gasteiger partial charge in [-0.1, -0.05) is 42.5 Å². The van der Waals surface area contributed by atoms with Crippen molar-refractivity contribution in [3.8, 4) is 0 Å². The van der Waals surface area contributed by atoms with Gasteiger partial charge in [-0.05, 0) is 23.8 Å². The smallest absolute Gasteiger partial charge is 0.343 e. The third kappa shape index (κ3) is 4.21. The Labute approximate surface area is 165 Å². The maximum absolute atomic E-state index is 12.9. The van der Waals surface area contributed by atoms with E-state index in [1.807, 2.05) is 42.7 Å². The number of fused-ring (bicyclic) bond motifs is 1. The Morgan fingerprint density at radius 3 is 2.52 bits per heavy atom. The molecule has 0 atom stereocenters. The standard InChI is InChI=1S/C23H18F3N2O/c24-23(25,26)20-8-4-7-18(13-20)22(29)16-27-11-10-21-19(15-27)9-12-28(21)14-17-5-2-1-3-6-17/h1-13,15H,14,16H2/q+1. The molecule has 0 aliphatic carbocycles.